The molecule has 1 aliphatic rings. The molecule has 0 radical (unpaired) electrons. The van der Waals surface area contributed by atoms with Gasteiger partial charge in [0, 0.05) is 0 Å². The van der Waals surface area contributed by atoms with Crippen molar-refractivity contribution in [2.45, 2.75) is 25.0 Å². The van der Waals surface area contributed by atoms with Gasteiger partial charge in [0.05, 0.1) is 5.25 Å². The Morgan fingerprint density at radius 3 is 2.17 bits per heavy atom. The molecule has 0 heterocycles. The summed E-state index contributed by atoms with van der Waals surface area (Å²) >= 11 is 0. The topological polar surface area (TPSA) is 89.4 Å². The molecule has 1 fully saturated rings. The summed E-state index contributed by atoms with van der Waals surface area (Å²) in [6, 6.07) is 0. The zero-order chi connectivity index (χ0) is 8.65. The molecule has 0 saturated heterocycles. The van der Waals surface area contributed by atoms with Crippen LogP contribution in [0.1, 0.15) is 19.8 Å². The number of hydrogen-bond acceptors (Lipinski definition) is 3. The summed E-state index contributed by atoms with van der Waals surface area (Å²) in [6.45, 7) is 5.51. The van der Waals surface area contributed by atoms with Crippen LogP contribution in [0.2, 0.25) is 0 Å². The Morgan fingerprint density at radius 2 is 2.00 bits per heavy atom. The Bertz CT molecular complexity index is 270. The lowest BCUT2D eigenvalue weighted by molar-refractivity contribution is 0.449. The molecule has 1 rings (SSSR count). The van der Waals surface area contributed by atoms with Gasteiger partial charge in [0.25, 0.3) is 10.1 Å². The van der Waals surface area contributed by atoms with Crippen LogP contribution in [0, 0.1) is 5.92 Å². The van der Waals surface area contributed by atoms with E-state index in [0.29, 0.717) is 12.8 Å². The van der Waals surface area contributed by atoms with E-state index in [0.717, 1.165) is 5.57 Å². The van der Waals surface area contributed by atoms with E-state index < -0.39 is 15.4 Å². The minimum absolute atomic E-state index is 0. The Hall–Kier alpha value is -0.390. The van der Waals surface area contributed by atoms with Gasteiger partial charge in [-0.3, -0.25) is 4.55 Å². The lowest BCUT2D eigenvalue weighted by Crippen LogP contribution is -2.22. The highest BCUT2D eigenvalue weighted by atomic mass is 32.2. The number of allylic oxidation sites excluding steroid dienone is 1. The van der Waals surface area contributed by atoms with Gasteiger partial charge in [-0.2, -0.15) is 8.42 Å². The molecule has 4 N–H and O–H groups in total. The predicted molar refractivity (Wildman–Crippen MR) is 47.9 cm³/mol. The van der Waals surface area contributed by atoms with Gasteiger partial charge in [-0.05, 0) is 18.8 Å². The monoisotopic (exact) mass is 193 g/mol. The molecule has 1 aliphatic carbocycles. The van der Waals surface area contributed by atoms with Crippen molar-refractivity contribution in [3.05, 3.63) is 12.2 Å². The van der Waals surface area contributed by atoms with Gasteiger partial charge >= 0.3 is 0 Å². The molecule has 1 saturated carbocycles. The minimum Gasteiger partial charge on any atom is -0.344 e. The average molecular weight is 193 g/mol. The molecule has 0 aliphatic heterocycles. The fraction of sp³-hybridized carbons (Fsp3) is 0.714. The molecular formula is C7H15NO3S. The van der Waals surface area contributed by atoms with Crippen LogP contribution in [0.5, 0.6) is 0 Å². The first kappa shape index (κ1) is 11.6. The summed E-state index contributed by atoms with van der Waals surface area (Å²) < 4.78 is 30.1. The van der Waals surface area contributed by atoms with Crippen molar-refractivity contribution >= 4 is 10.1 Å². The largest absolute Gasteiger partial charge is 0.344 e. The molecule has 4 nitrogen and oxygen atoms in total. The quantitative estimate of drug-likeness (QED) is 0.486. The van der Waals surface area contributed by atoms with Gasteiger partial charge in [0.2, 0.25) is 0 Å². The van der Waals surface area contributed by atoms with Crippen LogP contribution >= 0.6 is 0 Å². The van der Waals surface area contributed by atoms with Crippen LogP contribution in [0.4, 0.5) is 0 Å². The molecule has 0 spiro atoms. The highest BCUT2D eigenvalue weighted by molar-refractivity contribution is 7.86. The lowest BCUT2D eigenvalue weighted by atomic mass is 10.1. The Morgan fingerprint density at radius 1 is 1.50 bits per heavy atom. The molecule has 2 atom stereocenters. The van der Waals surface area contributed by atoms with Crippen LogP contribution in [0.25, 0.3) is 0 Å². The third-order valence-corrected chi connectivity index (χ3v) is 3.51. The predicted octanol–water partition coefficient (Wildman–Crippen LogP) is 1.39. The first-order valence-electron chi connectivity index (χ1n) is 3.54. The smallest absolute Gasteiger partial charge is 0.268 e. The molecule has 0 aromatic carbocycles. The first-order valence-corrected chi connectivity index (χ1v) is 5.04. The SMILES string of the molecule is C=C1CC(C)C(S(=O)(=O)O)C1.N. The Kier molecular flexibility index (Phi) is 3.44. The van der Waals surface area contributed by atoms with Crippen LogP contribution in [-0.4, -0.2) is 18.2 Å². The Balaban J connectivity index is 0.00000121. The highest BCUT2D eigenvalue weighted by Gasteiger charge is 2.35. The second kappa shape index (κ2) is 3.55. The molecule has 12 heavy (non-hydrogen) atoms. The van der Waals surface area contributed by atoms with Crippen LogP contribution in [0.15, 0.2) is 12.2 Å². The van der Waals surface area contributed by atoms with Crippen LogP contribution in [0.3, 0.4) is 0 Å². The second-order valence-corrected chi connectivity index (χ2v) is 4.82. The summed E-state index contributed by atoms with van der Waals surface area (Å²) in [5, 5.41) is -0.616. The molecule has 0 aromatic rings. The molecule has 5 heteroatoms. The molecular weight excluding hydrogens is 178 g/mol. The standard InChI is InChI=1S/C7H12O3S.H3N/c1-5-3-6(2)7(4-5)11(8,9)10;/h6-7H,1,3-4H2,2H3,(H,8,9,10);1H3. The molecule has 0 bridgehead atoms. The number of hydrogen-bond donors (Lipinski definition) is 2. The molecule has 2 unspecified atom stereocenters. The summed E-state index contributed by atoms with van der Waals surface area (Å²) in [5.74, 6) is 0.0116. The van der Waals surface area contributed by atoms with Crippen molar-refractivity contribution < 1.29 is 13.0 Å². The summed E-state index contributed by atoms with van der Waals surface area (Å²) in [5.41, 5.74) is 0.917. The third kappa shape index (κ3) is 2.30. The van der Waals surface area contributed by atoms with Gasteiger partial charge < -0.3 is 6.15 Å². The van der Waals surface area contributed by atoms with Gasteiger partial charge in [0.15, 0.2) is 0 Å². The van der Waals surface area contributed by atoms with Crippen molar-refractivity contribution in [1.29, 1.82) is 0 Å². The van der Waals surface area contributed by atoms with Crippen LogP contribution in [-0.2, 0) is 10.1 Å². The highest BCUT2D eigenvalue weighted by Crippen LogP contribution is 2.33. The van der Waals surface area contributed by atoms with Crippen molar-refractivity contribution in [3.63, 3.8) is 0 Å². The van der Waals surface area contributed by atoms with Gasteiger partial charge in [-0.25, -0.2) is 0 Å². The van der Waals surface area contributed by atoms with Crippen molar-refractivity contribution in [1.82, 2.24) is 6.15 Å². The lowest BCUT2D eigenvalue weighted by Gasteiger charge is -2.09. The zero-order valence-corrected chi connectivity index (χ0v) is 7.97. The fourth-order valence-electron chi connectivity index (χ4n) is 1.55. The fourth-order valence-corrected chi connectivity index (χ4v) is 2.68. The summed E-state index contributed by atoms with van der Waals surface area (Å²) in [7, 11) is -3.85. The van der Waals surface area contributed by atoms with Crippen molar-refractivity contribution in [2.24, 2.45) is 5.92 Å². The van der Waals surface area contributed by atoms with E-state index >= 15 is 0 Å². The van der Waals surface area contributed by atoms with E-state index in [1.165, 1.54) is 0 Å². The van der Waals surface area contributed by atoms with Gasteiger partial charge in [-0.1, -0.05) is 19.1 Å². The van der Waals surface area contributed by atoms with E-state index in [1.807, 2.05) is 6.92 Å². The normalized spacial score (nSPS) is 30.0. The minimum atomic E-state index is -3.85. The Labute approximate surface area is 73.0 Å². The second-order valence-electron chi connectivity index (χ2n) is 3.19. The van der Waals surface area contributed by atoms with E-state index in [9.17, 15) is 8.42 Å². The molecule has 72 valence electrons. The third-order valence-electron chi connectivity index (χ3n) is 2.12. The van der Waals surface area contributed by atoms with E-state index in [-0.39, 0.29) is 12.1 Å². The summed E-state index contributed by atoms with van der Waals surface area (Å²) in [6.07, 6.45) is 1.13. The maximum Gasteiger partial charge on any atom is 0.268 e. The van der Waals surface area contributed by atoms with E-state index in [2.05, 4.69) is 6.58 Å². The van der Waals surface area contributed by atoms with E-state index in [1.54, 1.807) is 0 Å². The average Bonchev–Trinajstić information content (AvgIpc) is 2.08. The summed E-state index contributed by atoms with van der Waals surface area (Å²) in [4.78, 5) is 0. The number of rotatable bonds is 1. The first-order chi connectivity index (χ1) is 4.91. The van der Waals surface area contributed by atoms with Crippen molar-refractivity contribution in [3.8, 4) is 0 Å². The maximum absolute atomic E-state index is 10.7. The van der Waals surface area contributed by atoms with Crippen LogP contribution < -0.4 is 6.15 Å². The van der Waals surface area contributed by atoms with E-state index in [4.69, 9.17) is 4.55 Å². The maximum atomic E-state index is 10.7. The molecule has 0 amide bonds. The zero-order valence-electron chi connectivity index (χ0n) is 7.16. The van der Waals surface area contributed by atoms with Gasteiger partial charge in [-0.15, -0.1) is 0 Å². The molecule has 0 aromatic heterocycles. The van der Waals surface area contributed by atoms with Gasteiger partial charge in [0.1, 0.15) is 0 Å². The van der Waals surface area contributed by atoms with Crippen molar-refractivity contribution in [2.75, 3.05) is 0 Å².